The van der Waals surface area contributed by atoms with Crippen LogP contribution in [0.15, 0.2) is 74.7 Å². The van der Waals surface area contributed by atoms with E-state index in [1.165, 1.54) is 18.3 Å². The molecule has 2 N–H and O–H groups in total. The van der Waals surface area contributed by atoms with Crippen LogP contribution < -0.4 is 15.5 Å². The number of amides is 1. The molecule has 10 heteroatoms. The fourth-order valence-electron chi connectivity index (χ4n) is 2.73. The van der Waals surface area contributed by atoms with Gasteiger partial charge >= 0.3 is 0 Å². The normalized spacial score (nSPS) is 10.8. The van der Waals surface area contributed by atoms with Gasteiger partial charge in [0.05, 0.1) is 26.6 Å². The first-order valence-corrected chi connectivity index (χ1v) is 11.4. The molecule has 3 aromatic rings. The summed E-state index contributed by atoms with van der Waals surface area (Å²) < 4.78 is 7.22. The first-order chi connectivity index (χ1) is 15.8. The van der Waals surface area contributed by atoms with Crippen molar-refractivity contribution in [2.75, 3.05) is 11.9 Å². The minimum atomic E-state index is -0.443. The van der Waals surface area contributed by atoms with Crippen LogP contribution in [0.2, 0.25) is 0 Å². The first kappa shape index (κ1) is 24.4. The summed E-state index contributed by atoms with van der Waals surface area (Å²) in [6, 6.07) is 17.5. The van der Waals surface area contributed by atoms with E-state index in [1.807, 2.05) is 31.2 Å². The van der Waals surface area contributed by atoms with Gasteiger partial charge in [-0.05, 0) is 86.3 Å². The molecule has 0 aliphatic rings. The van der Waals surface area contributed by atoms with E-state index in [4.69, 9.17) is 4.74 Å². The van der Waals surface area contributed by atoms with Crippen molar-refractivity contribution in [1.82, 2.24) is 5.43 Å². The summed E-state index contributed by atoms with van der Waals surface area (Å²) in [6.07, 6.45) is 1.53. The highest BCUT2D eigenvalue weighted by Gasteiger charge is 2.10. The van der Waals surface area contributed by atoms with Gasteiger partial charge in [-0.1, -0.05) is 17.7 Å². The molecule has 0 fully saturated rings. The van der Waals surface area contributed by atoms with E-state index in [0.717, 1.165) is 22.4 Å². The molecule has 0 aliphatic heterocycles. The number of hydrogen-bond donors (Lipinski definition) is 2. The van der Waals surface area contributed by atoms with Crippen molar-refractivity contribution in [2.45, 2.75) is 13.5 Å². The van der Waals surface area contributed by atoms with Crippen molar-refractivity contribution in [3.8, 4) is 5.75 Å². The maximum absolute atomic E-state index is 12.0. The second-order valence-electron chi connectivity index (χ2n) is 7.04. The molecule has 33 heavy (non-hydrogen) atoms. The summed E-state index contributed by atoms with van der Waals surface area (Å²) in [4.78, 5) is 22.3. The number of nitrogens with zero attached hydrogens (tertiary/aromatic N) is 2. The quantitative estimate of drug-likeness (QED) is 0.197. The van der Waals surface area contributed by atoms with Crippen LogP contribution in [0.3, 0.4) is 0 Å². The molecule has 0 atom stereocenters. The van der Waals surface area contributed by atoms with E-state index in [1.54, 1.807) is 24.3 Å². The molecule has 8 nitrogen and oxygen atoms in total. The molecule has 0 bridgehead atoms. The lowest BCUT2D eigenvalue weighted by atomic mass is 10.2. The van der Waals surface area contributed by atoms with Crippen LogP contribution in [0.4, 0.5) is 11.4 Å². The standard InChI is InChI=1S/C23H20Br2N4O4/c1-15-2-6-18(7-3-15)26-13-22(30)28-27-12-17-10-20(24)23(21(25)11-17)33-14-16-4-8-19(9-5-16)29(31)32/h2-12,26H,13-14H2,1H3,(H,28,30)/b27-12-. The minimum Gasteiger partial charge on any atom is -0.487 e. The molecule has 3 aromatic carbocycles. The van der Waals surface area contributed by atoms with Gasteiger partial charge in [0.2, 0.25) is 0 Å². The minimum absolute atomic E-state index is 0.0303. The Bertz CT molecular complexity index is 1140. The predicted octanol–water partition coefficient (Wildman–Crippen LogP) is 5.57. The Labute approximate surface area is 207 Å². The van der Waals surface area contributed by atoms with E-state index >= 15 is 0 Å². The molecule has 170 valence electrons. The Morgan fingerprint density at radius 1 is 1.09 bits per heavy atom. The van der Waals surface area contributed by atoms with Gasteiger partial charge in [0, 0.05) is 17.8 Å². The van der Waals surface area contributed by atoms with Gasteiger partial charge in [0.25, 0.3) is 11.6 Å². The van der Waals surface area contributed by atoms with Gasteiger partial charge in [-0.2, -0.15) is 5.10 Å². The molecule has 0 saturated heterocycles. The number of hydrogen-bond acceptors (Lipinski definition) is 6. The van der Waals surface area contributed by atoms with Gasteiger partial charge in [0.15, 0.2) is 0 Å². The summed E-state index contributed by atoms with van der Waals surface area (Å²) >= 11 is 6.95. The van der Waals surface area contributed by atoms with Crippen LogP contribution in [0.1, 0.15) is 16.7 Å². The van der Waals surface area contributed by atoms with Gasteiger partial charge in [0.1, 0.15) is 12.4 Å². The molecule has 0 aliphatic carbocycles. The number of halogens is 2. The molecule has 0 heterocycles. The number of aryl methyl sites for hydroxylation is 1. The highest BCUT2D eigenvalue weighted by atomic mass is 79.9. The number of nitrogens with one attached hydrogen (secondary N) is 2. The molecule has 0 radical (unpaired) electrons. The van der Waals surface area contributed by atoms with Crippen molar-refractivity contribution < 1.29 is 14.5 Å². The monoisotopic (exact) mass is 574 g/mol. The highest BCUT2D eigenvalue weighted by molar-refractivity contribution is 9.11. The molecule has 0 unspecified atom stereocenters. The molecule has 0 aromatic heterocycles. The van der Waals surface area contributed by atoms with Gasteiger partial charge < -0.3 is 10.1 Å². The van der Waals surface area contributed by atoms with E-state index in [0.29, 0.717) is 14.7 Å². The van der Waals surface area contributed by atoms with Crippen LogP contribution in [0, 0.1) is 17.0 Å². The third-order valence-electron chi connectivity index (χ3n) is 4.46. The van der Waals surface area contributed by atoms with Crippen LogP contribution in [-0.2, 0) is 11.4 Å². The molecule has 1 amide bonds. The number of nitro benzene ring substituents is 1. The Kier molecular flexibility index (Phi) is 8.56. The fraction of sp³-hybridized carbons (Fsp3) is 0.130. The number of nitro groups is 1. The zero-order chi connectivity index (χ0) is 23.8. The maximum atomic E-state index is 12.0. The second kappa shape index (κ2) is 11.6. The second-order valence-corrected chi connectivity index (χ2v) is 8.75. The number of non-ortho nitro benzene ring substituents is 1. The van der Waals surface area contributed by atoms with Crippen molar-refractivity contribution in [2.24, 2.45) is 5.10 Å². The number of ether oxygens (including phenoxy) is 1. The van der Waals surface area contributed by atoms with Crippen molar-refractivity contribution >= 4 is 55.4 Å². The maximum Gasteiger partial charge on any atom is 0.269 e. The molecular formula is C23H20Br2N4O4. The highest BCUT2D eigenvalue weighted by Crippen LogP contribution is 2.35. The number of rotatable bonds is 9. The van der Waals surface area contributed by atoms with E-state index in [9.17, 15) is 14.9 Å². The van der Waals surface area contributed by atoms with Crippen LogP contribution in [0.5, 0.6) is 5.75 Å². The molecule has 0 spiro atoms. The first-order valence-electron chi connectivity index (χ1n) is 9.79. The lowest BCUT2D eigenvalue weighted by Gasteiger charge is -2.11. The third kappa shape index (κ3) is 7.40. The van der Waals surface area contributed by atoms with Crippen LogP contribution in [-0.4, -0.2) is 23.6 Å². The SMILES string of the molecule is Cc1ccc(NCC(=O)N/N=C\c2cc(Br)c(OCc3ccc([N+](=O)[O-])cc3)c(Br)c2)cc1. The largest absolute Gasteiger partial charge is 0.487 e. The smallest absolute Gasteiger partial charge is 0.269 e. The van der Waals surface area contributed by atoms with Crippen LogP contribution >= 0.6 is 31.9 Å². The Hall–Kier alpha value is -3.24. The predicted molar refractivity (Wildman–Crippen MR) is 135 cm³/mol. The number of benzene rings is 3. The lowest BCUT2D eigenvalue weighted by Crippen LogP contribution is -2.25. The molecular weight excluding hydrogens is 556 g/mol. The number of anilines is 1. The summed E-state index contributed by atoms with van der Waals surface area (Å²) in [7, 11) is 0. The Morgan fingerprint density at radius 2 is 1.73 bits per heavy atom. The summed E-state index contributed by atoms with van der Waals surface area (Å²) in [5.74, 6) is 0.310. The molecule has 0 saturated carbocycles. The van der Waals surface area contributed by atoms with Crippen LogP contribution in [0.25, 0.3) is 0 Å². The van der Waals surface area contributed by atoms with E-state index in [-0.39, 0.29) is 24.7 Å². The summed E-state index contributed by atoms with van der Waals surface area (Å²) in [6.45, 7) is 2.34. The Morgan fingerprint density at radius 3 is 2.33 bits per heavy atom. The van der Waals surface area contributed by atoms with Gasteiger partial charge in [-0.25, -0.2) is 5.43 Å². The zero-order valence-corrected chi connectivity index (χ0v) is 20.7. The van der Waals surface area contributed by atoms with Crippen molar-refractivity contribution in [3.63, 3.8) is 0 Å². The van der Waals surface area contributed by atoms with Crippen molar-refractivity contribution in [1.29, 1.82) is 0 Å². The lowest BCUT2D eigenvalue weighted by molar-refractivity contribution is -0.384. The van der Waals surface area contributed by atoms with Gasteiger partial charge in [-0.3, -0.25) is 14.9 Å². The molecule has 3 rings (SSSR count). The summed E-state index contributed by atoms with van der Waals surface area (Å²) in [5.41, 5.74) is 6.06. The Balaban J connectivity index is 1.53. The summed E-state index contributed by atoms with van der Waals surface area (Å²) in [5, 5.41) is 17.8. The third-order valence-corrected chi connectivity index (χ3v) is 5.64. The fourth-order valence-corrected chi connectivity index (χ4v) is 4.18. The van der Waals surface area contributed by atoms with Gasteiger partial charge in [-0.15, -0.1) is 0 Å². The van der Waals surface area contributed by atoms with E-state index < -0.39 is 4.92 Å². The number of carbonyl (C=O) groups excluding carboxylic acids is 1. The average molecular weight is 576 g/mol. The number of carbonyl (C=O) groups is 1. The average Bonchev–Trinajstić information content (AvgIpc) is 2.78. The topological polar surface area (TPSA) is 106 Å². The number of hydrazone groups is 1. The van der Waals surface area contributed by atoms with E-state index in [2.05, 4.69) is 47.7 Å². The zero-order valence-electron chi connectivity index (χ0n) is 17.5. The van der Waals surface area contributed by atoms with Crippen molar-refractivity contribution in [3.05, 3.63) is 96.4 Å².